The van der Waals surface area contributed by atoms with Crippen molar-refractivity contribution in [1.82, 2.24) is 0 Å². The number of rotatable bonds is 20. The van der Waals surface area contributed by atoms with Crippen molar-refractivity contribution in [2.45, 2.75) is 274 Å². The molecule has 0 amide bonds. The molecule has 4 aliphatic carbocycles. The number of aliphatic hydroxyl groups excluding tert-OH is 17. The van der Waals surface area contributed by atoms with Gasteiger partial charge in [0.1, 0.15) is 130 Å². The highest BCUT2D eigenvalue weighted by atomic mass is 16.8. The van der Waals surface area contributed by atoms with Crippen LogP contribution in [0.2, 0.25) is 0 Å². The highest BCUT2D eigenvalue weighted by Crippen LogP contribution is 2.45. The summed E-state index contributed by atoms with van der Waals surface area (Å²) in [4.78, 5) is 49.5. The molecule has 5 saturated heterocycles. The number of hydrogen-bond donors (Lipinski definition) is 18. The number of fused-ring (bicyclic) bond motifs is 1. The van der Waals surface area contributed by atoms with E-state index in [1.54, 1.807) is 0 Å². The van der Waals surface area contributed by atoms with E-state index in [2.05, 4.69) is 0 Å². The molecule has 0 bridgehead atoms. The summed E-state index contributed by atoms with van der Waals surface area (Å²) in [6.07, 6.45) is -46.3. The minimum atomic E-state index is -2.04. The van der Waals surface area contributed by atoms with Gasteiger partial charge in [0, 0.05) is 18.8 Å². The summed E-state index contributed by atoms with van der Waals surface area (Å²) in [5.74, 6) is -6.91. The number of carboxylic acids is 1. The largest absolute Gasteiger partial charge is 0.481 e. The van der Waals surface area contributed by atoms with E-state index in [0.717, 1.165) is 0 Å². The smallest absolute Gasteiger partial charge is 0.317 e. The van der Waals surface area contributed by atoms with Crippen LogP contribution < -0.4 is 0 Å². The van der Waals surface area contributed by atoms with Crippen LogP contribution in [0, 0.1) is 23.7 Å². The molecule has 34 nitrogen and oxygen atoms in total. The van der Waals surface area contributed by atoms with Crippen molar-refractivity contribution in [3.05, 3.63) is 0 Å². The summed E-state index contributed by atoms with van der Waals surface area (Å²) >= 11 is 0. The standard InChI is InChI=1S/C56H88O34/c57-15-31-38(66)42(70)48(76)55(86-31)90-50-45(73)41(69)34(18-81-52(78)20-3-7-23(8-4-20)82-53-46(74)43(71)40(68)33(87-53)17-80-51(77)19-1-5-22(58)6-2-19)89-56(50)83-24-11-26(59)25-13-30(49(84-29(25)12-24)21-9-27(60)37(65)28(61)10-21)85-54-47(75)44(72)39(67)32(88-54)16-79-36(64)14-35(62)63/h19-34,37-50,53-61,65-76H,1-18H2,(H,62,63). The second-order valence-corrected chi connectivity index (χ2v) is 25.3. The zero-order chi connectivity index (χ0) is 65.2. The lowest BCUT2D eigenvalue weighted by Crippen LogP contribution is -2.65. The van der Waals surface area contributed by atoms with Crippen LogP contribution in [0.3, 0.4) is 0 Å². The molecule has 18 N–H and O–H groups in total. The molecule has 90 heavy (non-hydrogen) atoms. The van der Waals surface area contributed by atoms with E-state index in [9.17, 15) is 106 Å². The molecular weight excluding hydrogens is 1220 g/mol. The summed E-state index contributed by atoms with van der Waals surface area (Å²) in [7, 11) is 0. The first-order valence-corrected chi connectivity index (χ1v) is 30.8. The number of carbonyl (C=O) groups is 4. The summed E-state index contributed by atoms with van der Waals surface area (Å²) in [6.45, 7) is -2.81. The third-order valence-electron chi connectivity index (χ3n) is 19.1. The Hall–Kier alpha value is -3.16. The molecule has 0 aromatic carbocycles. The Kier molecular flexibility index (Phi) is 24.6. The van der Waals surface area contributed by atoms with Crippen molar-refractivity contribution >= 4 is 23.9 Å². The first-order chi connectivity index (χ1) is 42.7. The van der Waals surface area contributed by atoms with Gasteiger partial charge in [-0.2, -0.15) is 0 Å². The molecular formula is C56H88O34. The number of aliphatic hydroxyl groups is 17. The van der Waals surface area contributed by atoms with Gasteiger partial charge in [-0.25, -0.2) is 0 Å². The summed E-state index contributed by atoms with van der Waals surface area (Å²) in [5.41, 5.74) is 0. The number of carbonyl (C=O) groups excluding carboxylic acids is 3. The fourth-order valence-electron chi connectivity index (χ4n) is 13.7. The van der Waals surface area contributed by atoms with Crippen LogP contribution in [-0.2, 0) is 76.0 Å². The van der Waals surface area contributed by atoms with Crippen molar-refractivity contribution in [2.24, 2.45) is 23.7 Å². The van der Waals surface area contributed by atoms with Gasteiger partial charge in [-0.3, -0.25) is 19.2 Å². The average molecular weight is 1310 g/mol. The Balaban J connectivity index is 0.850. The quantitative estimate of drug-likeness (QED) is 0.0306. The molecule has 28 atom stereocenters. The van der Waals surface area contributed by atoms with Gasteiger partial charge in [-0.1, -0.05) is 0 Å². The van der Waals surface area contributed by atoms with Crippen LogP contribution in [0.1, 0.15) is 89.9 Å². The fourth-order valence-corrected chi connectivity index (χ4v) is 13.7. The van der Waals surface area contributed by atoms with E-state index in [0.29, 0.717) is 25.7 Å². The lowest BCUT2D eigenvalue weighted by atomic mass is 9.72. The third-order valence-corrected chi connectivity index (χ3v) is 19.1. The van der Waals surface area contributed by atoms with Crippen LogP contribution in [0.5, 0.6) is 0 Å². The average Bonchev–Trinajstić information content (AvgIpc) is 0.802. The van der Waals surface area contributed by atoms with Crippen molar-refractivity contribution < 1.29 is 168 Å². The molecule has 4 saturated carbocycles. The zero-order valence-electron chi connectivity index (χ0n) is 48.9. The minimum absolute atomic E-state index is 0.113. The Bertz CT molecular complexity index is 2310. The number of esters is 3. The Morgan fingerprint density at radius 1 is 0.400 bits per heavy atom. The van der Waals surface area contributed by atoms with E-state index in [4.69, 9.17) is 61.9 Å². The molecule has 0 aromatic heterocycles. The normalized spacial score (nSPS) is 48.5. The topological polar surface area (TPSA) is 543 Å². The molecule has 34 heteroatoms. The van der Waals surface area contributed by atoms with Crippen molar-refractivity contribution in [2.75, 3.05) is 26.4 Å². The van der Waals surface area contributed by atoms with Gasteiger partial charge in [0.15, 0.2) is 25.2 Å². The number of ether oxygens (including phenoxy) is 12. The van der Waals surface area contributed by atoms with Crippen LogP contribution in [0.4, 0.5) is 0 Å². The highest BCUT2D eigenvalue weighted by Gasteiger charge is 2.57. The molecule has 5 aliphatic heterocycles. The maximum absolute atomic E-state index is 13.7. The number of carboxylic acid groups (broad SMARTS) is 1. The summed E-state index contributed by atoms with van der Waals surface area (Å²) in [6, 6.07) is 0. The monoisotopic (exact) mass is 1300 g/mol. The zero-order valence-corrected chi connectivity index (χ0v) is 48.9. The van der Waals surface area contributed by atoms with E-state index < -0.39 is 264 Å². The molecule has 9 aliphatic rings. The third kappa shape index (κ3) is 16.5. The molecule has 0 radical (unpaired) electrons. The SMILES string of the molecule is O=C(O)CC(=O)OCC1OC(OC2CC3C(O)CC(OC4OC(COC(=O)C5CCC(OC6OC(COC(=O)C7CCC(O)CC7)C(O)C(O)C6O)CC5)C(O)C(O)C4OC4OC(CO)C(O)C(O)C4O)CC3OC2C2CC(O)C(O)C(O)C2)C(O)C(O)C1O. The van der Waals surface area contributed by atoms with Gasteiger partial charge >= 0.3 is 23.9 Å². The number of hydrogen-bond acceptors (Lipinski definition) is 33. The predicted molar refractivity (Wildman–Crippen MR) is 285 cm³/mol. The van der Waals surface area contributed by atoms with Crippen LogP contribution >= 0.6 is 0 Å². The lowest BCUT2D eigenvalue weighted by Gasteiger charge is -2.52. The van der Waals surface area contributed by atoms with Gasteiger partial charge < -0.3 is 149 Å². The van der Waals surface area contributed by atoms with Crippen molar-refractivity contribution in [3.63, 3.8) is 0 Å². The fraction of sp³-hybridized carbons (Fsp3) is 0.929. The molecule has 5 heterocycles. The summed E-state index contributed by atoms with van der Waals surface area (Å²) < 4.78 is 70.6. The molecule has 9 fully saturated rings. The van der Waals surface area contributed by atoms with Crippen molar-refractivity contribution in [1.29, 1.82) is 0 Å². The van der Waals surface area contributed by atoms with Crippen LogP contribution in [-0.4, -0.2) is 326 Å². The molecule has 516 valence electrons. The van der Waals surface area contributed by atoms with E-state index in [1.807, 2.05) is 0 Å². The maximum atomic E-state index is 13.7. The molecule has 28 unspecified atom stereocenters. The second-order valence-electron chi connectivity index (χ2n) is 25.3. The van der Waals surface area contributed by atoms with Gasteiger partial charge in [0.05, 0.1) is 73.4 Å². The maximum Gasteiger partial charge on any atom is 0.317 e. The molecule has 0 spiro atoms. The first-order valence-electron chi connectivity index (χ1n) is 30.8. The van der Waals surface area contributed by atoms with Crippen LogP contribution in [0.25, 0.3) is 0 Å². The Labute approximate surface area is 514 Å². The second kappa shape index (κ2) is 31.1. The highest BCUT2D eigenvalue weighted by molar-refractivity contribution is 5.90. The lowest BCUT2D eigenvalue weighted by molar-refractivity contribution is -0.375. The van der Waals surface area contributed by atoms with E-state index >= 15 is 0 Å². The Morgan fingerprint density at radius 3 is 1.39 bits per heavy atom. The molecule has 0 aromatic rings. The number of aliphatic carboxylic acids is 1. The summed E-state index contributed by atoms with van der Waals surface area (Å²) in [5, 5.41) is 193. The predicted octanol–water partition coefficient (Wildman–Crippen LogP) is -8.34. The van der Waals surface area contributed by atoms with E-state index in [1.165, 1.54) is 0 Å². The van der Waals surface area contributed by atoms with Gasteiger partial charge in [0.25, 0.3) is 0 Å². The van der Waals surface area contributed by atoms with Gasteiger partial charge in [-0.15, -0.1) is 0 Å². The molecule has 9 rings (SSSR count). The minimum Gasteiger partial charge on any atom is -0.481 e. The van der Waals surface area contributed by atoms with Crippen molar-refractivity contribution in [3.8, 4) is 0 Å². The first kappa shape index (κ1) is 71.1. The Morgan fingerprint density at radius 2 is 0.856 bits per heavy atom. The van der Waals surface area contributed by atoms with Gasteiger partial charge in [0.2, 0.25) is 0 Å². The van der Waals surface area contributed by atoms with Gasteiger partial charge in [-0.05, 0) is 76.5 Å². The van der Waals surface area contributed by atoms with E-state index in [-0.39, 0.29) is 57.8 Å². The van der Waals surface area contributed by atoms with Crippen LogP contribution in [0.15, 0.2) is 0 Å².